The normalized spacial score (nSPS) is 28.5. The van der Waals surface area contributed by atoms with Crippen molar-refractivity contribution in [2.24, 2.45) is 5.92 Å². The smallest absolute Gasteiger partial charge is 0.309 e. The lowest BCUT2D eigenvalue weighted by Crippen LogP contribution is -2.60. The number of carbonyl (C=O) groups is 1. The van der Waals surface area contributed by atoms with E-state index in [1.165, 1.54) is 24.3 Å². The lowest BCUT2D eigenvalue weighted by molar-refractivity contribution is -0.278. The van der Waals surface area contributed by atoms with Crippen molar-refractivity contribution in [3.05, 3.63) is 24.3 Å². The number of benzene rings is 1. The Kier molecular flexibility index (Phi) is 8.50. The van der Waals surface area contributed by atoms with E-state index in [-0.39, 0.29) is 24.2 Å². The van der Waals surface area contributed by atoms with E-state index in [1.807, 2.05) is 13.8 Å². The SMILES string of the molecule is CCCCC(CC)C(=O)OC[C@H]1O[C@@H](Oc2ccc(O)cc2)[C@H](O)[C@@H](O)[C@@H]1O. The summed E-state index contributed by atoms with van der Waals surface area (Å²) in [7, 11) is 0. The van der Waals surface area contributed by atoms with Crippen molar-refractivity contribution in [1.29, 1.82) is 0 Å². The van der Waals surface area contributed by atoms with Gasteiger partial charge >= 0.3 is 5.97 Å². The number of aliphatic hydroxyl groups is 3. The predicted octanol–water partition coefficient (Wildman–Crippen LogP) is 1.34. The largest absolute Gasteiger partial charge is 0.508 e. The van der Waals surface area contributed by atoms with E-state index in [9.17, 15) is 25.2 Å². The van der Waals surface area contributed by atoms with E-state index in [0.717, 1.165) is 19.3 Å². The molecule has 0 amide bonds. The van der Waals surface area contributed by atoms with E-state index < -0.39 is 30.7 Å². The summed E-state index contributed by atoms with van der Waals surface area (Å²) in [6.07, 6.45) is -3.49. The van der Waals surface area contributed by atoms with Crippen molar-refractivity contribution in [3.63, 3.8) is 0 Å². The minimum atomic E-state index is -1.53. The molecular weight excluding hydrogens is 368 g/mol. The first-order valence-electron chi connectivity index (χ1n) is 9.69. The van der Waals surface area contributed by atoms with E-state index in [4.69, 9.17) is 14.2 Å². The van der Waals surface area contributed by atoms with Crippen LogP contribution in [0, 0.1) is 5.92 Å². The molecule has 1 aromatic carbocycles. The molecule has 1 aliphatic rings. The summed E-state index contributed by atoms with van der Waals surface area (Å²) in [6.45, 7) is 3.70. The average molecular weight is 398 g/mol. The third-order valence-electron chi connectivity index (χ3n) is 4.88. The summed E-state index contributed by atoms with van der Waals surface area (Å²) in [5.74, 6) is -0.248. The second-order valence-electron chi connectivity index (χ2n) is 7.00. The lowest BCUT2D eigenvalue weighted by Gasteiger charge is -2.40. The van der Waals surface area contributed by atoms with Gasteiger partial charge in [0.2, 0.25) is 6.29 Å². The van der Waals surface area contributed by atoms with Gasteiger partial charge in [0.15, 0.2) is 0 Å². The fraction of sp³-hybridized carbons (Fsp3) is 0.650. The van der Waals surface area contributed by atoms with Gasteiger partial charge in [-0.05, 0) is 37.1 Å². The van der Waals surface area contributed by atoms with Crippen LogP contribution in [0.2, 0.25) is 0 Å². The van der Waals surface area contributed by atoms with Crippen LogP contribution in [0.1, 0.15) is 39.5 Å². The Bertz CT molecular complexity index is 605. The molecule has 1 heterocycles. The minimum absolute atomic E-state index is 0.0475. The first kappa shape index (κ1) is 22.4. The molecule has 28 heavy (non-hydrogen) atoms. The molecule has 0 saturated carbocycles. The molecule has 1 aliphatic heterocycles. The van der Waals surface area contributed by atoms with Gasteiger partial charge in [-0.15, -0.1) is 0 Å². The molecule has 2 rings (SSSR count). The van der Waals surface area contributed by atoms with Crippen molar-refractivity contribution in [2.45, 2.75) is 70.2 Å². The van der Waals surface area contributed by atoms with Crippen LogP contribution in [0.4, 0.5) is 0 Å². The number of esters is 1. The van der Waals surface area contributed by atoms with E-state index in [0.29, 0.717) is 12.2 Å². The summed E-state index contributed by atoms with van der Waals surface area (Å²) < 4.78 is 16.3. The maximum Gasteiger partial charge on any atom is 0.309 e. The first-order chi connectivity index (χ1) is 13.4. The standard InChI is InChI=1S/C20H30O8/c1-3-5-6-12(4-2)19(25)26-11-15-16(22)17(23)18(24)20(28-15)27-14-9-7-13(21)8-10-14/h7-10,12,15-18,20-24H,3-6,11H2,1-2H3/t12?,15-,16-,17+,18-,20-/m1/s1. The van der Waals surface area contributed by atoms with Crippen molar-refractivity contribution in [2.75, 3.05) is 6.61 Å². The predicted molar refractivity (Wildman–Crippen MR) is 99.7 cm³/mol. The third kappa shape index (κ3) is 5.81. The number of phenolic OH excluding ortho intramolecular Hbond substituents is 1. The monoisotopic (exact) mass is 398 g/mol. The van der Waals surface area contributed by atoms with E-state index in [1.54, 1.807) is 0 Å². The van der Waals surface area contributed by atoms with Crippen LogP contribution < -0.4 is 4.74 Å². The summed E-state index contributed by atoms with van der Waals surface area (Å²) >= 11 is 0. The molecule has 0 radical (unpaired) electrons. The summed E-state index contributed by atoms with van der Waals surface area (Å²) in [5, 5.41) is 39.7. The number of aliphatic hydroxyl groups excluding tert-OH is 3. The van der Waals surface area contributed by atoms with Gasteiger partial charge in [-0.2, -0.15) is 0 Å². The van der Waals surface area contributed by atoms with Gasteiger partial charge in [-0.3, -0.25) is 4.79 Å². The molecule has 8 heteroatoms. The maximum atomic E-state index is 12.3. The summed E-state index contributed by atoms with van der Waals surface area (Å²) in [6, 6.07) is 5.74. The zero-order valence-electron chi connectivity index (χ0n) is 16.2. The van der Waals surface area contributed by atoms with Gasteiger partial charge in [-0.1, -0.05) is 26.7 Å². The topological polar surface area (TPSA) is 126 Å². The Morgan fingerprint density at radius 3 is 2.39 bits per heavy atom. The third-order valence-corrected chi connectivity index (χ3v) is 4.88. The Balaban J connectivity index is 1.97. The Morgan fingerprint density at radius 2 is 1.79 bits per heavy atom. The van der Waals surface area contributed by atoms with E-state index in [2.05, 4.69) is 0 Å². The van der Waals surface area contributed by atoms with Crippen molar-refractivity contribution in [3.8, 4) is 11.5 Å². The van der Waals surface area contributed by atoms with E-state index >= 15 is 0 Å². The maximum absolute atomic E-state index is 12.3. The fourth-order valence-electron chi connectivity index (χ4n) is 3.03. The molecule has 158 valence electrons. The van der Waals surface area contributed by atoms with Gasteiger partial charge < -0.3 is 34.6 Å². The highest BCUT2D eigenvalue weighted by Gasteiger charge is 2.45. The molecule has 6 atom stereocenters. The fourth-order valence-corrected chi connectivity index (χ4v) is 3.03. The number of aromatic hydroxyl groups is 1. The van der Waals surface area contributed by atoms with Gasteiger partial charge in [0.1, 0.15) is 42.5 Å². The van der Waals surface area contributed by atoms with Crippen molar-refractivity contribution in [1.82, 2.24) is 0 Å². The number of ether oxygens (including phenoxy) is 3. The van der Waals surface area contributed by atoms with Gasteiger partial charge in [-0.25, -0.2) is 0 Å². The van der Waals surface area contributed by atoms with Crippen LogP contribution in [-0.4, -0.2) is 63.7 Å². The highest BCUT2D eigenvalue weighted by Crippen LogP contribution is 2.26. The van der Waals surface area contributed by atoms with Gasteiger partial charge in [0.25, 0.3) is 0 Å². The second kappa shape index (κ2) is 10.6. The molecular formula is C20H30O8. The van der Waals surface area contributed by atoms with Crippen molar-refractivity contribution >= 4 is 5.97 Å². The molecule has 0 bridgehead atoms. The van der Waals surface area contributed by atoms with Crippen LogP contribution in [0.3, 0.4) is 0 Å². The Labute approximate surface area is 164 Å². The van der Waals surface area contributed by atoms with Crippen molar-refractivity contribution < 1.29 is 39.4 Å². The lowest BCUT2D eigenvalue weighted by atomic mass is 9.98. The molecule has 8 nitrogen and oxygen atoms in total. The molecule has 1 saturated heterocycles. The molecule has 0 aromatic heterocycles. The zero-order valence-corrected chi connectivity index (χ0v) is 16.2. The Morgan fingerprint density at radius 1 is 1.11 bits per heavy atom. The van der Waals surface area contributed by atoms with Crippen LogP contribution in [-0.2, 0) is 14.3 Å². The Hall–Kier alpha value is -1.87. The molecule has 1 aromatic rings. The van der Waals surface area contributed by atoms with Crippen LogP contribution in [0.5, 0.6) is 11.5 Å². The van der Waals surface area contributed by atoms with Crippen LogP contribution in [0.25, 0.3) is 0 Å². The number of hydrogen-bond donors (Lipinski definition) is 4. The molecule has 1 unspecified atom stereocenters. The second-order valence-corrected chi connectivity index (χ2v) is 7.00. The highest BCUT2D eigenvalue weighted by atomic mass is 16.7. The molecule has 4 N–H and O–H groups in total. The van der Waals surface area contributed by atoms with Gasteiger partial charge in [0.05, 0.1) is 5.92 Å². The number of hydrogen-bond acceptors (Lipinski definition) is 8. The quantitative estimate of drug-likeness (QED) is 0.459. The van der Waals surface area contributed by atoms with Crippen LogP contribution >= 0.6 is 0 Å². The molecule has 1 fully saturated rings. The molecule has 0 spiro atoms. The average Bonchev–Trinajstić information content (AvgIpc) is 2.69. The minimum Gasteiger partial charge on any atom is -0.508 e. The van der Waals surface area contributed by atoms with Crippen LogP contribution in [0.15, 0.2) is 24.3 Å². The highest BCUT2D eigenvalue weighted by molar-refractivity contribution is 5.72. The van der Waals surface area contributed by atoms with Gasteiger partial charge in [0, 0.05) is 0 Å². The number of unbranched alkanes of at least 4 members (excludes halogenated alkanes) is 1. The number of carbonyl (C=O) groups excluding carboxylic acids is 1. The number of phenols is 1. The summed E-state index contributed by atoms with van der Waals surface area (Å²) in [5.41, 5.74) is 0. The number of rotatable bonds is 9. The zero-order chi connectivity index (χ0) is 20.7. The first-order valence-corrected chi connectivity index (χ1v) is 9.69. The molecule has 0 aliphatic carbocycles. The summed E-state index contributed by atoms with van der Waals surface area (Å²) in [4.78, 5) is 12.3.